The minimum atomic E-state index is -0.704. The third kappa shape index (κ3) is 3.43. The topological polar surface area (TPSA) is 72.4 Å². The van der Waals surface area contributed by atoms with Crippen LogP contribution in [0.4, 0.5) is 4.79 Å². The van der Waals surface area contributed by atoms with Gasteiger partial charge in [-0.25, -0.2) is 9.59 Å². The van der Waals surface area contributed by atoms with Crippen LogP contribution in [-0.4, -0.2) is 29.7 Å². The van der Waals surface area contributed by atoms with E-state index in [2.05, 4.69) is 38.1 Å². The van der Waals surface area contributed by atoms with Crippen LogP contribution in [0.15, 0.2) is 41.8 Å². The van der Waals surface area contributed by atoms with Gasteiger partial charge in [0.15, 0.2) is 0 Å². The molecule has 7 heteroatoms. The monoisotopic (exact) mass is 371 g/mol. The number of esters is 1. The molecule has 6 nitrogen and oxygen atoms in total. The van der Waals surface area contributed by atoms with E-state index in [1.54, 1.807) is 18.3 Å². The van der Waals surface area contributed by atoms with Crippen molar-refractivity contribution in [2.45, 2.75) is 19.5 Å². The molecule has 0 aliphatic carbocycles. The first kappa shape index (κ1) is 18.0. The van der Waals surface area contributed by atoms with E-state index in [4.69, 9.17) is 0 Å². The first-order valence-electron chi connectivity index (χ1n) is 8.25. The molecule has 2 heterocycles. The van der Waals surface area contributed by atoms with Crippen molar-refractivity contribution in [3.8, 4) is 10.6 Å². The Morgan fingerprint density at radius 2 is 2.00 bits per heavy atom. The van der Waals surface area contributed by atoms with Crippen LogP contribution in [0, 0.1) is 0 Å². The summed E-state index contributed by atoms with van der Waals surface area (Å²) in [5.74, 6) is -0.482. The van der Waals surface area contributed by atoms with Gasteiger partial charge in [-0.1, -0.05) is 24.3 Å². The fourth-order valence-electron chi connectivity index (χ4n) is 3.03. The second kappa shape index (κ2) is 7.61. The van der Waals surface area contributed by atoms with Gasteiger partial charge in [0, 0.05) is 30.1 Å². The first-order valence-corrected chi connectivity index (χ1v) is 9.13. The molecule has 3 aromatic rings. The summed E-state index contributed by atoms with van der Waals surface area (Å²) in [6, 6.07) is 11.1. The van der Waals surface area contributed by atoms with Gasteiger partial charge < -0.3 is 19.9 Å². The zero-order valence-corrected chi connectivity index (χ0v) is 15.7. The SMILES string of the molecule is COC(=O)[C@@H](C)NC(=O)NCc1c(-c2cccs2)n(C)c2ccccc12. The molecule has 2 N–H and O–H groups in total. The molecule has 0 saturated carbocycles. The van der Waals surface area contributed by atoms with E-state index >= 15 is 0 Å². The summed E-state index contributed by atoms with van der Waals surface area (Å²) in [6.45, 7) is 1.94. The lowest BCUT2D eigenvalue weighted by Gasteiger charge is -2.13. The Hall–Kier alpha value is -2.80. The highest BCUT2D eigenvalue weighted by Crippen LogP contribution is 2.35. The van der Waals surface area contributed by atoms with Crippen LogP contribution in [0.5, 0.6) is 0 Å². The summed E-state index contributed by atoms with van der Waals surface area (Å²) in [4.78, 5) is 24.7. The highest BCUT2D eigenvalue weighted by molar-refractivity contribution is 7.13. The van der Waals surface area contributed by atoms with E-state index in [1.807, 2.05) is 30.6 Å². The zero-order chi connectivity index (χ0) is 18.7. The number of rotatable bonds is 5. The maximum atomic E-state index is 12.2. The number of thiophene rings is 1. The number of aromatic nitrogens is 1. The van der Waals surface area contributed by atoms with Gasteiger partial charge in [-0.15, -0.1) is 11.3 Å². The summed E-state index contributed by atoms with van der Waals surface area (Å²) >= 11 is 1.66. The van der Waals surface area contributed by atoms with Crippen LogP contribution in [-0.2, 0) is 23.1 Å². The van der Waals surface area contributed by atoms with Crippen molar-refractivity contribution < 1.29 is 14.3 Å². The van der Waals surface area contributed by atoms with Crippen molar-refractivity contribution in [3.05, 3.63) is 47.3 Å². The summed E-state index contributed by atoms with van der Waals surface area (Å²) < 4.78 is 6.77. The summed E-state index contributed by atoms with van der Waals surface area (Å²) in [6.07, 6.45) is 0. The molecule has 0 fully saturated rings. The van der Waals surface area contributed by atoms with Gasteiger partial charge in [-0.2, -0.15) is 0 Å². The van der Waals surface area contributed by atoms with Gasteiger partial charge in [-0.05, 0) is 24.4 Å². The predicted octanol–water partition coefficient (Wildman–Crippen LogP) is 3.27. The number of benzene rings is 1. The van der Waals surface area contributed by atoms with Crippen LogP contribution in [0.3, 0.4) is 0 Å². The largest absolute Gasteiger partial charge is 0.467 e. The Morgan fingerprint density at radius 3 is 2.69 bits per heavy atom. The summed E-state index contributed by atoms with van der Waals surface area (Å²) in [5.41, 5.74) is 3.24. The lowest BCUT2D eigenvalue weighted by Crippen LogP contribution is -2.44. The van der Waals surface area contributed by atoms with E-state index in [0.29, 0.717) is 6.54 Å². The smallest absolute Gasteiger partial charge is 0.328 e. The van der Waals surface area contributed by atoms with Gasteiger partial charge in [0.25, 0.3) is 0 Å². The molecule has 136 valence electrons. The first-order chi connectivity index (χ1) is 12.5. The molecular formula is C19H21N3O3S. The molecule has 0 unspecified atom stereocenters. The third-order valence-corrected chi connectivity index (χ3v) is 5.17. The van der Waals surface area contributed by atoms with Crippen LogP contribution >= 0.6 is 11.3 Å². The van der Waals surface area contributed by atoms with Crippen molar-refractivity contribution in [3.63, 3.8) is 0 Å². The van der Waals surface area contributed by atoms with E-state index in [0.717, 1.165) is 27.0 Å². The number of carbonyl (C=O) groups is 2. The molecule has 26 heavy (non-hydrogen) atoms. The van der Waals surface area contributed by atoms with Crippen LogP contribution in [0.1, 0.15) is 12.5 Å². The van der Waals surface area contributed by atoms with E-state index in [9.17, 15) is 9.59 Å². The average molecular weight is 371 g/mol. The van der Waals surface area contributed by atoms with Gasteiger partial charge in [-0.3, -0.25) is 0 Å². The van der Waals surface area contributed by atoms with E-state index in [-0.39, 0.29) is 0 Å². The normalized spacial score (nSPS) is 12.0. The standard InChI is InChI=1S/C19H21N3O3S/c1-12(18(23)25-3)21-19(24)20-11-14-13-7-4-5-8-15(13)22(2)17(14)16-9-6-10-26-16/h4-10,12H,11H2,1-3H3,(H2,20,21,24)/t12-/m1/s1. The number of amides is 2. The molecule has 0 aliphatic rings. The molecule has 0 aliphatic heterocycles. The van der Waals surface area contributed by atoms with Crippen LogP contribution in [0.2, 0.25) is 0 Å². The number of hydrogen-bond donors (Lipinski definition) is 2. The molecule has 0 saturated heterocycles. The number of ether oxygens (including phenoxy) is 1. The molecule has 2 aromatic heterocycles. The molecule has 0 bridgehead atoms. The molecule has 0 spiro atoms. The van der Waals surface area contributed by atoms with Crippen LogP contribution in [0.25, 0.3) is 21.5 Å². The third-order valence-electron chi connectivity index (χ3n) is 4.29. The molecule has 3 rings (SSSR count). The number of fused-ring (bicyclic) bond motifs is 1. The van der Waals surface area contributed by atoms with Crippen molar-refractivity contribution in [2.75, 3.05) is 7.11 Å². The Labute approximate surface area is 155 Å². The molecule has 0 radical (unpaired) electrons. The summed E-state index contributed by atoms with van der Waals surface area (Å²) in [5, 5.41) is 8.56. The van der Waals surface area contributed by atoms with Crippen molar-refractivity contribution in [1.29, 1.82) is 0 Å². The second-order valence-electron chi connectivity index (χ2n) is 5.95. The van der Waals surface area contributed by atoms with Gasteiger partial charge >= 0.3 is 12.0 Å². The maximum Gasteiger partial charge on any atom is 0.328 e. The van der Waals surface area contributed by atoms with Crippen molar-refractivity contribution in [2.24, 2.45) is 7.05 Å². The lowest BCUT2D eigenvalue weighted by atomic mass is 10.1. The Bertz CT molecular complexity index is 931. The van der Waals surface area contributed by atoms with Gasteiger partial charge in [0.05, 0.1) is 17.7 Å². The number of carbonyl (C=O) groups excluding carboxylic acids is 2. The van der Waals surface area contributed by atoms with Crippen LogP contribution < -0.4 is 10.6 Å². The minimum absolute atomic E-state index is 0.355. The molecular weight excluding hydrogens is 350 g/mol. The fourth-order valence-corrected chi connectivity index (χ4v) is 3.86. The van der Waals surface area contributed by atoms with Crippen molar-refractivity contribution in [1.82, 2.24) is 15.2 Å². The Morgan fingerprint density at radius 1 is 1.23 bits per heavy atom. The number of nitrogens with one attached hydrogen (secondary N) is 2. The average Bonchev–Trinajstić information content (AvgIpc) is 3.26. The summed E-state index contributed by atoms with van der Waals surface area (Å²) in [7, 11) is 3.32. The Kier molecular flexibility index (Phi) is 5.27. The minimum Gasteiger partial charge on any atom is -0.467 e. The zero-order valence-electron chi connectivity index (χ0n) is 14.9. The Balaban J connectivity index is 1.87. The molecule has 1 atom stereocenters. The fraction of sp³-hybridized carbons (Fsp3) is 0.263. The quantitative estimate of drug-likeness (QED) is 0.676. The predicted molar refractivity (Wildman–Crippen MR) is 103 cm³/mol. The van der Waals surface area contributed by atoms with Crippen molar-refractivity contribution >= 4 is 34.2 Å². The van der Waals surface area contributed by atoms with E-state index < -0.39 is 18.0 Å². The highest BCUT2D eigenvalue weighted by atomic mass is 32.1. The highest BCUT2D eigenvalue weighted by Gasteiger charge is 2.19. The number of urea groups is 1. The number of aryl methyl sites for hydroxylation is 1. The van der Waals surface area contributed by atoms with Gasteiger partial charge in [0.1, 0.15) is 6.04 Å². The number of nitrogens with zero attached hydrogens (tertiary/aromatic N) is 1. The molecule has 1 aromatic carbocycles. The van der Waals surface area contributed by atoms with E-state index in [1.165, 1.54) is 7.11 Å². The maximum absolute atomic E-state index is 12.2. The second-order valence-corrected chi connectivity index (χ2v) is 6.90. The lowest BCUT2D eigenvalue weighted by molar-refractivity contribution is -0.142. The molecule has 2 amide bonds. The number of methoxy groups -OCH3 is 1. The van der Waals surface area contributed by atoms with Gasteiger partial charge in [0.2, 0.25) is 0 Å². The number of hydrogen-bond acceptors (Lipinski definition) is 4. The number of para-hydroxylation sites is 1.